The van der Waals surface area contributed by atoms with Crippen LogP contribution < -0.4 is 10.5 Å². The first-order valence-corrected chi connectivity index (χ1v) is 8.65. The fourth-order valence-corrected chi connectivity index (χ4v) is 4.23. The van der Waals surface area contributed by atoms with Crippen LogP contribution in [0.4, 0.5) is 5.69 Å². The number of hydrogen-bond acceptors (Lipinski definition) is 4. The Bertz CT molecular complexity index is 479. The zero-order chi connectivity index (χ0) is 13.0. The summed E-state index contributed by atoms with van der Waals surface area (Å²) in [4.78, 5) is 0.280. The van der Waals surface area contributed by atoms with Gasteiger partial charge in [0.1, 0.15) is 0 Å². The minimum Gasteiger partial charge on any atom is -0.399 e. The van der Waals surface area contributed by atoms with E-state index >= 15 is 0 Å². The largest absolute Gasteiger partial charge is 0.399 e. The third kappa shape index (κ3) is 3.63. The van der Waals surface area contributed by atoms with Gasteiger partial charge >= 0.3 is 0 Å². The Morgan fingerprint density at radius 3 is 2.44 bits per heavy atom. The van der Waals surface area contributed by atoms with E-state index in [2.05, 4.69) is 4.72 Å². The van der Waals surface area contributed by atoms with Crippen LogP contribution in [0, 0.1) is 5.92 Å². The number of anilines is 1. The Balaban J connectivity index is 1.96. The standard InChI is InChI=1S/C12H18N2O2S2/c13-11-1-3-12(4-2-11)18(15,16)14-9-10-5-7-17-8-6-10/h1-4,10,14H,5-9,13H2. The number of rotatable bonds is 4. The topological polar surface area (TPSA) is 72.2 Å². The monoisotopic (exact) mass is 286 g/mol. The molecule has 18 heavy (non-hydrogen) atoms. The third-order valence-corrected chi connectivity index (χ3v) is 5.58. The summed E-state index contributed by atoms with van der Waals surface area (Å²) in [6.07, 6.45) is 2.18. The van der Waals surface area contributed by atoms with Gasteiger partial charge in [-0.1, -0.05) is 0 Å². The lowest BCUT2D eigenvalue weighted by molar-refractivity contribution is 0.476. The molecule has 2 rings (SSSR count). The number of nitrogens with one attached hydrogen (secondary N) is 1. The molecule has 1 aromatic carbocycles. The smallest absolute Gasteiger partial charge is 0.240 e. The van der Waals surface area contributed by atoms with E-state index in [1.54, 1.807) is 12.1 Å². The predicted molar refractivity (Wildman–Crippen MR) is 76.1 cm³/mol. The van der Waals surface area contributed by atoms with Crippen molar-refractivity contribution >= 4 is 27.5 Å². The summed E-state index contributed by atoms with van der Waals surface area (Å²) in [7, 11) is -3.39. The first-order chi connectivity index (χ1) is 8.58. The molecular weight excluding hydrogens is 268 g/mol. The molecule has 6 heteroatoms. The van der Waals surface area contributed by atoms with Gasteiger partial charge in [-0.2, -0.15) is 11.8 Å². The number of nitrogens with two attached hydrogens (primary N) is 1. The maximum Gasteiger partial charge on any atom is 0.240 e. The van der Waals surface area contributed by atoms with Crippen molar-refractivity contribution in [3.63, 3.8) is 0 Å². The van der Waals surface area contributed by atoms with Crippen LogP contribution in [0.25, 0.3) is 0 Å². The van der Waals surface area contributed by atoms with Crippen molar-refractivity contribution < 1.29 is 8.42 Å². The molecule has 0 amide bonds. The average molecular weight is 286 g/mol. The summed E-state index contributed by atoms with van der Waals surface area (Å²) in [5.74, 6) is 2.73. The molecule has 0 atom stereocenters. The van der Waals surface area contributed by atoms with E-state index in [0.717, 1.165) is 24.3 Å². The van der Waals surface area contributed by atoms with Gasteiger partial charge in [0.15, 0.2) is 0 Å². The second kappa shape index (κ2) is 5.95. The molecular formula is C12H18N2O2S2. The van der Waals surface area contributed by atoms with Crippen LogP contribution in [0.3, 0.4) is 0 Å². The number of nitrogen functional groups attached to an aromatic ring is 1. The number of sulfonamides is 1. The Morgan fingerprint density at radius 2 is 1.83 bits per heavy atom. The van der Waals surface area contributed by atoms with Gasteiger partial charge in [0.25, 0.3) is 0 Å². The molecule has 0 unspecified atom stereocenters. The van der Waals surface area contributed by atoms with Crippen LogP contribution in [0.2, 0.25) is 0 Å². The van der Waals surface area contributed by atoms with Crippen molar-refractivity contribution in [1.82, 2.24) is 4.72 Å². The second-order valence-electron chi connectivity index (χ2n) is 4.48. The normalized spacial score (nSPS) is 17.8. The lowest BCUT2D eigenvalue weighted by Crippen LogP contribution is -2.31. The average Bonchev–Trinajstić information content (AvgIpc) is 2.38. The first-order valence-electron chi connectivity index (χ1n) is 6.01. The molecule has 0 aromatic heterocycles. The highest BCUT2D eigenvalue weighted by Crippen LogP contribution is 2.22. The lowest BCUT2D eigenvalue weighted by Gasteiger charge is -2.21. The van der Waals surface area contributed by atoms with Gasteiger partial charge in [-0.15, -0.1) is 0 Å². The van der Waals surface area contributed by atoms with Gasteiger partial charge < -0.3 is 5.73 Å². The molecule has 100 valence electrons. The van der Waals surface area contributed by atoms with Crippen LogP contribution >= 0.6 is 11.8 Å². The fourth-order valence-electron chi connectivity index (χ4n) is 1.91. The highest BCUT2D eigenvalue weighted by Gasteiger charge is 2.18. The molecule has 0 aliphatic carbocycles. The summed E-state index contributed by atoms with van der Waals surface area (Å²) in [6.45, 7) is 0.535. The quantitative estimate of drug-likeness (QED) is 0.826. The van der Waals surface area contributed by atoms with Crippen molar-refractivity contribution in [2.24, 2.45) is 5.92 Å². The van der Waals surface area contributed by atoms with Gasteiger partial charge in [0.2, 0.25) is 10.0 Å². The SMILES string of the molecule is Nc1ccc(S(=O)(=O)NCC2CCSCC2)cc1. The number of benzene rings is 1. The number of hydrogen-bond donors (Lipinski definition) is 2. The van der Waals surface area contributed by atoms with Crippen LogP contribution in [0.1, 0.15) is 12.8 Å². The minimum absolute atomic E-state index is 0.280. The molecule has 0 spiro atoms. The third-order valence-electron chi connectivity index (χ3n) is 3.09. The van der Waals surface area contributed by atoms with Crippen molar-refractivity contribution in [3.8, 4) is 0 Å². The molecule has 4 nitrogen and oxygen atoms in total. The molecule has 1 heterocycles. The molecule has 0 bridgehead atoms. The van der Waals surface area contributed by atoms with Gasteiger partial charge in [-0.25, -0.2) is 13.1 Å². The Labute approximate surface area is 112 Å². The summed E-state index contributed by atoms with van der Waals surface area (Å²) >= 11 is 1.94. The summed E-state index contributed by atoms with van der Waals surface area (Å²) in [6, 6.07) is 6.28. The predicted octanol–water partition coefficient (Wildman–Crippen LogP) is 1.69. The van der Waals surface area contributed by atoms with Gasteiger partial charge in [-0.05, 0) is 54.5 Å². The molecule has 1 aliphatic rings. The highest BCUT2D eigenvalue weighted by atomic mass is 32.2. The number of thioether (sulfide) groups is 1. The highest BCUT2D eigenvalue weighted by molar-refractivity contribution is 7.99. The van der Waals surface area contributed by atoms with E-state index in [0.29, 0.717) is 18.2 Å². The fraction of sp³-hybridized carbons (Fsp3) is 0.500. The minimum atomic E-state index is -3.39. The van der Waals surface area contributed by atoms with Gasteiger partial charge in [0.05, 0.1) is 4.90 Å². The second-order valence-corrected chi connectivity index (χ2v) is 7.47. The van der Waals surface area contributed by atoms with Crippen molar-refractivity contribution in [2.45, 2.75) is 17.7 Å². The Morgan fingerprint density at radius 1 is 1.22 bits per heavy atom. The Kier molecular flexibility index (Phi) is 4.53. The summed E-state index contributed by atoms with van der Waals surface area (Å²) < 4.78 is 26.7. The van der Waals surface area contributed by atoms with Crippen molar-refractivity contribution in [3.05, 3.63) is 24.3 Å². The van der Waals surface area contributed by atoms with E-state index in [1.165, 1.54) is 12.1 Å². The van der Waals surface area contributed by atoms with Crippen LogP contribution in [-0.2, 0) is 10.0 Å². The van der Waals surface area contributed by atoms with Gasteiger partial charge in [-0.3, -0.25) is 0 Å². The molecule has 1 aliphatic heterocycles. The van der Waals surface area contributed by atoms with E-state index in [4.69, 9.17) is 5.73 Å². The maximum atomic E-state index is 12.0. The molecule has 1 saturated heterocycles. The molecule has 1 fully saturated rings. The Hall–Kier alpha value is -0.720. The van der Waals surface area contributed by atoms with E-state index in [-0.39, 0.29) is 4.90 Å². The summed E-state index contributed by atoms with van der Waals surface area (Å²) in [5.41, 5.74) is 6.11. The van der Waals surface area contributed by atoms with Crippen molar-refractivity contribution in [2.75, 3.05) is 23.8 Å². The maximum absolute atomic E-state index is 12.0. The van der Waals surface area contributed by atoms with Crippen molar-refractivity contribution in [1.29, 1.82) is 0 Å². The zero-order valence-electron chi connectivity index (χ0n) is 10.1. The zero-order valence-corrected chi connectivity index (χ0v) is 11.8. The van der Waals surface area contributed by atoms with Gasteiger partial charge in [0, 0.05) is 12.2 Å². The summed E-state index contributed by atoms with van der Waals surface area (Å²) in [5, 5.41) is 0. The molecule has 0 radical (unpaired) electrons. The van der Waals surface area contributed by atoms with Crippen LogP contribution in [0.15, 0.2) is 29.2 Å². The molecule has 0 saturated carbocycles. The van der Waals surface area contributed by atoms with E-state index in [1.807, 2.05) is 11.8 Å². The van der Waals surface area contributed by atoms with E-state index < -0.39 is 10.0 Å². The van der Waals surface area contributed by atoms with E-state index in [9.17, 15) is 8.42 Å². The molecule has 1 aromatic rings. The van der Waals surface area contributed by atoms with Crippen LogP contribution in [-0.4, -0.2) is 26.5 Å². The first kappa shape index (κ1) is 13.7. The lowest BCUT2D eigenvalue weighted by atomic mass is 10.0. The molecule has 3 N–H and O–H groups in total. The van der Waals surface area contributed by atoms with Crippen LogP contribution in [0.5, 0.6) is 0 Å².